The van der Waals surface area contributed by atoms with Gasteiger partial charge in [-0.1, -0.05) is 0 Å². The maximum atomic E-state index is 11.1. The molecule has 13 atom stereocenters. The van der Waals surface area contributed by atoms with Gasteiger partial charge in [0.15, 0.2) is 12.6 Å². The fourth-order valence-corrected chi connectivity index (χ4v) is 5.04. The van der Waals surface area contributed by atoms with Gasteiger partial charge in [-0.3, -0.25) is 0 Å². The van der Waals surface area contributed by atoms with E-state index in [1.807, 2.05) is 14.0 Å². The van der Waals surface area contributed by atoms with E-state index in [2.05, 4.69) is 10.6 Å². The van der Waals surface area contributed by atoms with Gasteiger partial charge in [-0.05, 0) is 47.2 Å². The molecule has 0 spiro atoms. The van der Waals surface area contributed by atoms with Gasteiger partial charge in [-0.2, -0.15) is 0 Å². The number of hydrogen-bond acceptors (Lipinski definition) is 12. The lowest BCUT2D eigenvalue weighted by Gasteiger charge is -2.48. The summed E-state index contributed by atoms with van der Waals surface area (Å²) in [6.45, 7) is 3.52. The summed E-state index contributed by atoms with van der Waals surface area (Å²) < 4.78 is 23.7. The van der Waals surface area contributed by atoms with Crippen molar-refractivity contribution < 1.29 is 34.3 Å². The van der Waals surface area contributed by atoms with E-state index in [9.17, 15) is 15.3 Å². The molecule has 0 aromatic carbocycles. The second-order valence-electron chi connectivity index (χ2n) is 9.91. The van der Waals surface area contributed by atoms with Crippen LogP contribution in [-0.4, -0.2) is 115 Å². The van der Waals surface area contributed by atoms with Gasteiger partial charge in [0, 0.05) is 18.1 Å². The molecule has 194 valence electrons. The third-order valence-corrected chi connectivity index (χ3v) is 7.24. The standard InChI is InChI=1S/C21H43N5O7/c1-9(25-3)13-6-5-10(22)19(31-13)32-16-11(23)7-12(24)17(14(16)27)33-20-15(28)18(26-4)21(2,29)8-30-20/h9-20,25-29H,5-8,22-24H2,1-4H3/t9?,10-,11+,12-,13+,14+,15-,16?,17+,18-,19-,20?,21+/m1/s1. The topological polar surface area (TPSA) is 200 Å². The zero-order valence-corrected chi connectivity index (χ0v) is 20.0. The van der Waals surface area contributed by atoms with E-state index in [4.69, 9.17) is 36.1 Å². The number of nitrogens with one attached hydrogen (secondary N) is 2. The third-order valence-electron chi connectivity index (χ3n) is 7.24. The molecule has 11 N–H and O–H groups in total. The van der Waals surface area contributed by atoms with Gasteiger partial charge in [0.25, 0.3) is 0 Å². The van der Waals surface area contributed by atoms with Crippen molar-refractivity contribution in [1.82, 2.24) is 10.6 Å². The molecule has 0 aromatic heterocycles. The fourth-order valence-electron chi connectivity index (χ4n) is 5.04. The van der Waals surface area contributed by atoms with Crippen LogP contribution >= 0.6 is 0 Å². The minimum Gasteiger partial charge on any atom is -0.388 e. The Balaban J connectivity index is 1.68. The Hall–Kier alpha value is -0.480. The SMILES string of the molecule is CNC(C)[C@@H]1CC[C@@H](N)[C@@H](OC2[C@@H](N)C[C@@H](N)[C@H](OC3OC[C@](C)(O)[C@H](NC)[C@H]3O)[C@H]2O)O1. The summed E-state index contributed by atoms with van der Waals surface area (Å²) in [4.78, 5) is 0. The summed E-state index contributed by atoms with van der Waals surface area (Å²) in [7, 11) is 3.49. The molecule has 12 nitrogen and oxygen atoms in total. The van der Waals surface area contributed by atoms with E-state index < -0.39 is 60.7 Å². The average Bonchev–Trinajstić information content (AvgIpc) is 2.76. The minimum atomic E-state index is -1.29. The van der Waals surface area contributed by atoms with Crippen molar-refractivity contribution in [2.45, 2.75) is 112 Å². The lowest BCUT2D eigenvalue weighted by Crippen LogP contribution is -2.68. The molecule has 3 unspecified atom stereocenters. The number of aliphatic hydroxyl groups excluding tert-OH is 2. The zero-order valence-electron chi connectivity index (χ0n) is 20.0. The number of hydrogen-bond donors (Lipinski definition) is 8. The number of rotatable bonds is 7. The van der Waals surface area contributed by atoms with Crippen LogP contribution in [0.2, 0.25) is 0 Å². The Bertz CT molecular complexity index is 632. The molecule has 0 amide bonds. The van der Waals surface area contributed by atoms with Crippen molar-refractivity contribution in [2.24, 2.45) is 17.2 Å². The summed E-state index contributed by atoms with van der Waals surface area (Å²) in [5.74, 6) is 0. The van der Waals surface area contributed by atoms with Crippen molar-refractivity contribution in [2.75, 3.05) is 20.7 Å². The van der Waals surface area contributed by atoms with Crippen molar-refractivity contribution in [3.8, 4) is 0 Å². The molecule has 0 bridgehead atoms. The summed E-state index contributed by atoms with van der Waals surface area (Å²) >= 11 is 0. The molecular formula is C21H43N5O7. The molecule has 33 heavy (non-hydrogen) atoms. The highest BCUT2D eigenvalue weighted by Gasteiger charge is 2.50. The van der Waals surface area contributed by atoms with E-state index >= 15 is 0 Å². The quantitative estimate of drug-likeness (QED) is 0.182. The van der Waals surface area contributed by atoms with Crippen LogP contribution < -0.4 is 27.8 Å². The monoisotopic (exact) mass is 477 g/mol. The second kappa shape index (κ2) is 11.1. The summed E-state index contributed by atoms with van der Waals surface area (Å²) in [6, 6.07) is -2.11. The van der Waals surface area contributed by atoms with Gasteiger partial charge >= 0.3 is 0 Å². The number of aliphatic hydroxyl groups is 3. The second-order valence-corrected chi connectivity index (χ2v) is 9.91. The molecule has 3 rings (SSSR count). The van der Waals surface area contributed by atoms with Gasteiger partial charge in [0.2, 0.25) is 0 Å². The highest BCUT2D eigenvalue weighted by atomic mass is 16.7. The first-order chi connectivity index (χ1) is 15.5. The molecule has 1 aliphatic carbocycles. The van der Waals surface area contributed by atoms with Gasteiger partial charge in [0.1, 0.15) is 30.0 Å². The first kappa shape index (κ1) is 27.1. The first-order valence-corrected chi connectivity index (χ1v) is 11.8. The predicted octanol–water partition coefficient (Wildman–Crippen LogP) is -3.33. The third kappa shape index (κ3) is 5.85. The van der Waals surface area contributed by atoms with E-state index in [0.29, 0.717) is 12.8 Å². The number of nitrogens with two attached hydrogens (primary N) is 3. The Kier molecular flexibility index (Phi) is 9.09. The van der Waals surface area contributed by atoms with Crippen LogP contribution in [0.1, 0.15) is 33.1 Å². The summed E-state index contributed by atoms with van der Waals surface area (Å²) in [5, 5.41) is 38.3. The van der Waals surface area contributed by atoms with E-state index in [1.54, 1.807) is 14.0 Å². The van der Waals surface area contributed by atoms with Crippen LogP contribution in [0.15, 0.2) is 0 Å². The molecule has 0 aromatic rings. The van der Waals surface area contributed by atoms with Gasteiger partial charge < -0.3 is 62.1 Å². The molecule has 0 radical (unpaired) electrons. The van der Waals surface area contributed by atoms with Crippen LogP contribution in [-0.2, 0) is 18.9 Å². The Morgan fingerprint density at radius 3 is 2.15 bits per heavy atom. The van der Waals surface area contributed by atoms with Gasteiger partial charge in [-0.15, -0.1) is 0 Å². The molecule has 1 saturated carbocycles. The first-order valence-electron chi connectivity index (χ1n) is 11.8. The Morgan fingerprint density at radius 1 is 0.970 bits per heavy atom. The van der Waals surface area contributed by atoms with E-state index in [-0.39, 0.29) is 24.8 Å². The molecule has 12 heteroatoms. The van der Waals surface area contributed by atoms with Crippen LogP contribution in [0.5, 0.6) is 0 Å². The lowest BCUT2D eigenvalue weighted by atomic mass is 9.84. The van der Waals surface area contributed by atoms with Crippen molar-refractivity contribution in [3.05, 3.63) is 0 Å². The molecule has 3 fully saturated rings. The normalized spacial score (nSPS) is 50.2. The molecule has 2 saturated heterocycles. The van der Waals surface area contributed by atoms with E-state index in [1.165, 1.54) is 0 Å². The van der Waals surface area contributed by atoms with Crippen molar-refractivity contribution in [3.63, 3.8) is 0 Å². The van der Waals surface area contributed by atoms with Crippen LogP contribution in [0.25, 0.3) is 0 Å². The smallest absolute Gasteiger partial charge is 0.185 e. The zero-order chi connectivity index (χ0) is 24.5. The lowest BCUT2D eigenvalue weighted by molar-refractivity contribution is -0.307. The summed E-state index contributed by atoms with van der Waals surface area (Å²) in [5.41, 5.74) is 17.5. The molecule has 3 aliphatic rings. The minimum absolute atomic E-state index is 0.0620. The summed E-state index contributed by atoms with van der Waals surface area (Å²) in [6.07, 6.45) is -4.22. The van der Waals surface area contributed by atoms with Crippen molar-refractivity contribution in [1.29, 1.82) is 0 Å². The Morgan fingerprint density at radius 2 is 1.58 bits per heavy atom. The van der Waals surface area contributed by atoms with Crippen LogP contribution in [0.4, 0.5) is 0 Å². The molecule has 2 heterocycles. The number of likely N-dealkylation sites (N-methyl/N-ethyl adjacent to an activating group) is 2. The highest BCUT2D eigenvalue weighted by Crippen LogP contribution is 2.31. The Labute approximate surface area is 195 Å². The molecular weight excluding hydrogens is 434 g/mol. The maximum Gasteiger partial charge on any atom is 0.185 e. The average molecular weight is 478 g/mol. The van der Waals surface area contributed by atoms with E-state index in [0.717, 1.165) is 6.42 Å². The fraction of sp³-hybridized carbons (Fsp3) is 1.00. The number of ether oxygens (including phenoxy) is 4. The predicted molar refractivity (Wildman–Crippen MR) is 120 cm³/mol. The highest BCUT2D eigenvalue weighted by molar-refractivity contribution is 5.02. The largest absolute Gasteiger partial charge is 0.388 e. The van der Waals surface area contributed by atoms with Crippen LogP contribution in [0.3, 0.4) is 0 Å². The van der Waals surface area contributed by atoms with Crippen molar-refractivity contribution >= 4 is 0 Å². The van der Waals surface area contributed by atoms with Gasteiger partial charge in [0.05, 0.1) is 24.8 Å². The van der Waals surface area contributed by atoms with Gasteiger partial charge in [-0.25, -0.2) is 0 Å². The van der Waals surface area contributed by atoms with Crippen LogP contribution in [0, 0.1) is 0 Å². The molecule has 2 aliphatic heterocycles. The maximum absolute atomic E-state index is 11.1.